The third-order valence-corrected chi connectivity index (χ3v) is 6.09. The summed E-state index contributed by atoms with van der Waals surface area (Å²) < 4.78 is 0. The molecule has 2 unspecified atom stereocenters. The summed E-state index contributed by atoms with van der Waals surface area (Å²) in [6.45, 7) is 12.5. The Kier molecular flexibility index (Phi) is 7.74. The molecule has 1 aliphatic carbocycles. The number of hydrogen-bond acceptors (Lipinski definition) is 3. The monoisotopic (exact) mass is 391 g/mol. The van der Waals surface area contributed by atoms with E-state index in [1.54, 1.807) is 0 Å². The third kappa shape index (κ3) is 5.62. The van der Waals surface area contributed by atoms with Crippen LogP contribution < -0.4 is 5.32 Å². The van der Waals surface area contributed by atoms with Crippen molar-refractivity contribution in [3.8, 4) is 0 Å². The van der Waals surface area contributed by atoms with E-state index < -0.39 is 0 Å². The average Bonchev–Trinajstić information content (AvgIpc) is 2.68. The number of hydrogen-bond donors (Lipinski definition) is 1. The molecule has 3 aliphatic rings. The molecule has 0 fully saturated rings. The van der Waals surface area contributed by atoms with Crippen LogP contribution in [0.4, 0.5) is 0 Å². The second-order valence-electron chi connectivity index (χ2n) is 8.37. The van der Waals surface area contributed by atoms with Gasteiger partial charge in [0.1, 0.15) is 5.82 Å². The van der Waals surface area contributed by atoms with Crippen molar-refractivity contribution in [3.05, 3.63) is 71.8 Å². The lowest BCUT2D eigenvalue weighted by Gasteiger charge is -2.41. The molecule has 0 bridgehead atoms. The zero-order valence-electron chi connectivity index (χ0n) is 18.5. The van der Waals surface area contributed by atoms with Crippen LogP contribution in [0.15, 0.2) is 76.8 Å². The van der Waals surface area contributed by atoms with Gasteiger partial charge in [-0.15, -0.1) is 0 Å². The average molecular weight is 392 g/mol. The van der Waals surface area contributed by atoms with Crippen LogP contribution in [0.2, 0.25) is 0 Å². The third-order valence-electron chi connectivity index (χ3n) is 6.09. The second-order valence-corrected chi connectivity index (χ2v) is 8.37. The Morgan fingerprint density at radius 3 is 2.97 bits per heavy atom. The van der Waals surface area contributed by atoms with Crippen molar-refractivity contribution in [3.63, 3.8) is 0 Å². The number of aliphatic imine (C=N–C) groups is 1. The van der Waals surface area contributed by atoms with Gasteiger partial charge in [0.05, 0.1) is 11.7 Å². The fourth-order valence-electron chi connectivity index (χ4n) is 4.39. The van der Waals surface area contributed by atoms with E-state index >= 15 is 0 Å². The van der Waals surface area contributed by atoms with Crippen LogP contribution in [0.1, 0.15) is 59.3 Å². The van der Waals surface area contributed by atoms with E-state index in [1.165, 1.54) is 37.0 Å². The lowest BCUT2D eigenvalue weighted by Crippen LogP contribution is -2.49. The molecular weight excluding hydrogens is 354 g/mol. The van der Waals surface area contributed by atoms with Gasteiger partial charge in [-0.05, 0) is 69.4 Å². The van der Waals surface area contributed by atoms with Crippen LogP contribution >= 0.6 is 0 Å². The Balaban J connectivity index is 1.82. The number of rotatable bonds is 6. The minimum Gasteiger partial charge on any atom is -0.377 e. The van der Waals surface area contributed by atoms with E-state index in [2.05, 4.69) is 80.1 Å². The molecule has 2 atom stereocenters. The molecule has 0 saturated carbocycles. The van der Waals surface area contributed by atoms with Gasteiger partial charge in [-0.25, -0.2) is 4.99 Å². The fourth-order valence-corrected chi connectivity index (χ4v) is 4.39. The molecule has 156 valence electrons. The van der Waals surface area contributed by atoms with Crippen LogP contribution in [-0.4, -0.2) is 29.7 Å². The lowest BCUT2D eigenvalue weighted by molar-refractivity contribution is 0.296. The predicted molar refractivity (Wildman–Crippen MR) is 126 cm³/mol. The highest BCUT2D eigenvalue weighted by Gasteiger charge is 2.30. The summed E-state index contributed by atoms with van der Waals surface area (Å²) in [5.74, 6) is 1.88. The maximum absolute atomic E-state index is 4.95. The highest BCUT2D eigenvalue weighted by Crippen LogP contribution is 2.30. The summed E-state index contributed by atoms with van der Waals surface area (Å²) in [7, 11) is 0. The van der Waals surface area contributed by atoms with Gasteiger partial charge in [-0.3, -0.25) is 0 Å². The first-order valence-corrected chi connectivity index (χ1v) is 11.2. The Morgan fingerprint density at radius 2 is 2.17 bits per heavy atom. The number of nitrogens with zero attached hydrogens (tertiary/aromatic N) is 2. The molecule has 1 N–H and O–H groups in total. The fraction of sp³-hybridized carbons (Fsp3) is 0.500. The lowest BCUT2D eigenvalue weighted by atomic mass is 9.91. The van der Waals surface area contributed by atoms with Crippen LogP contribution in [0.3, 0.4) is 0 Å². The van der Waals surface area contributed by atoms with E-state index in [-0.39, 0.29) is 0 Å². The van der Waals surface area contributed by atoms with Crippen LogP contribution in [0.25, 0.3) is 0 Å². The SMILES string of the molecule is C=C1CN2CC(C(/C=C\C)=C/CC)NC(CCC3C/C=C\C=C/CC3)=C2N=C1C. The molecule has 0 aromatic heterocycles. The molecule has 3 heteroatoms. The molecule has 0 amide bonds. The summed E-state index contributed by atoms with van der Waals surface area (Å²) in [6, 6.07) is 0.312. The van der Waals surface area contributed by atoms with E-state index in [9.17, 15) is 0 Å². The van der Waals surface area contributed by atoms with Crippen molar-refractivity contribution < 1.29 is 0 Å². The zero-order valence-corrected chi connectivity index (χ0v) is 18.5. The van der Waals surface area contributed by atoms with Crippen molar-refractivity contribution in [2.75, 3.05) is 13.1 Å². The van der Waals surface area contributed by atoms with E-state index in [1.807, 2.05) is 0 Å². The Bertz CT molecular complexity index is 776. The number of fused-ring (bicyclic) bond motifs is 1. The van der Waals surface area contributed by atoms with Crippen molar-refractivity contribution in [1.82, 2.24) is 10.2 Å². The minimum absolute atomic E-state index is 0.312. The van der Waals surface area contributed by atoms with Crippen LogP contribution in [0.5, 0.6) is 0 Å². The van der Waals surface area contributed by atoms with Crippen molar-refractivity contribution >= 4 is 5.71 Å². The van der Waals surface area contributed by atoms with Gasteiger partial charge in [0.15, 0.2) is 0 Å². The first kappa shape index (κ1) is 21.4. The Labute approximate surface area is 177 Å². The van der Waals surface area contributed by atoms with Gasteiger partial charge in [0.2, 0.25) is 0 Å². The van der Waals surface area contributed by atoms with Crippen molar-refractivity contribution in [2.45, 2.75) is 65.3 Å². The zero-order chi connectivity index (χ0) is 20.6. The van der Waals surface area contributed by atoms with Crippen molar-refractivity contribution in [2.24, 2.45) is 10.9 Å². The Hall–Kier alpha value is -2.29. The Morgan fingerprint density at radius 1 is 1.34 bits per heavy atom. The molecule has 2 aliphatic heterocycles. The topological polar surface area (TPSA) is 27.6 Å². The normalized spacial score (nSPS) is 27.8. The van der Waals surface area contributed by atoms with Gasteiger partial charge in [-0.2, -0.15) is 0 Å². The number of allylic oxidation sites excluding steroid dienone is 7. The van der Waals surface area contributed by atoms with E-state index in [0.29, 0.717) is 6.04 Å². The summed E-state index contributed by atoms with van der Waals surface area (Å²) in [6.07, 6.45) is 22.7. The molecule has 3 rings (SSSR count). The molecule has 0 saturated heterocycles. The smallest absolute Gasteiger partial charge is 0.148 e. The maximum Gasteiger partial charge on any atom is 0.148 e. The molecule has 3 nitrogen and oxygen atoms in total. The van der Waals surface area contributed by atoms with E-state index in [4.69, 9.17) is 4.99 Å². The van der Waals surface area contributed by atoms with Gasteiger partial charge in [-0.1, -0.05) is 56.0 Å². The molecule has 0 aromatic carbocycles. The van der Waals surface area contributed by atoms with Gasteiger partial charge < -0.3 is 10.2 Å². The summed E-state index contributed by atoms with van der Waals surface area (Å²) >= 11 is 0. The first-order valence-electron chi connectivity index (χ1n) is 11.2. The first-order chi connectivity index (χ1) is 14.1. The molecule has 2 heterocycles. The molecule has 29 heavy (non-hydrogen) atoms. The highest BCUT2D eigenvalue weighted by molar-refractivity contribution is 5.99. The molecule has 0 radical (unpaired) electrons. The predicted octanol–water partition coefficient (Wildman–Crippen LogP) is 6.07. The summed E-state index contributed by atoms with van der Waals surface area (Å²) in [5.41, 5.74) is 4.90. The molecular formula is C26H37N3. The van der Waals surface area contributed by atoms with Crippen LogP contribution in [0, 0.1) is 5.92 Å². The second kappa shape index (κ2) is 10.5. The molecule has 0 spiro atoms. The highest BCUT2D eigenvalue weighted by atomic mass is 15.3. The minimum atomic E-state index is 0.312. The maximum atomic E-state index is 4.95. The van der Waals surface area contributed by atoms with Crippen LogP contribution in [-0.2, 0) is 0 Å². The van der Waals surface area contributed by atoms with Crippen molar-refractivity contribution in [1.29, 1.82) is 0 Å². The van der Waals surface area contributed by atoms with Gasteiger partial charge in [0.25, 0.3) is 0 Å². The molecule has 0 aromatic rings. The largest absolute Gasteiger partial charge is 0.377 e. The van der Waals surface area contributed by atoms with E-state index in [0.717, 1.165) is 49.0 Å². The summed E-state index contributed by atoms with van der Waals surface area (Å²) in [4.78, 5) is 7.38. The number of nitrogens with one attached hydrogen (secondary N) is 1. The van der Waals surface area contributed by atoms with Gasteiger partial charge in [0, 0.05) is 18.8 Å². The summed E-state index contributed by atoms with van der Waals surface area (Å²) in [5, 5.41) is 3.87. The van der Waals surface area contributed by atoms with Gasteiger partial charge >= 0.3 is 0 Å². The quantitative estimate of drug-likeness (QED) is 0.557. The standard InChI is InChI=1S/C26H37N3/c1-5-12-23(13-6-2)25-19-29-18-20(3)21(4)27-26(29)24(28-25)17-16-22-14-10-8-7-9-11-15-22/h5,7-10,12-13,22,25,28H,3,6,11,14-19H2,1-2,4H3/b9-7-,10-8-,12-5-,23-13+.